The molecule has 0 bridgehead atoms. The Balaban J connectivity index is 1.37. The van der Waals surface area contributed by atoms with E-state index in [1.165, 1.54) is 0 Å². The highest BCUT2D eigenvalue weighted by molar-refractivity contribution is 6.17. The number of hydrogen-bond acceptors (Lipinski definition) is 9. The van der Waals surface area contributed by atoms with Gasteiger partial charge in [-0.05, 0) is 56.7 Å². The highest BCUT2D eigenvalue weighted by atomic mass is 16.5. The first-order chi connectivity index (χ1) is 21.7. The van der Waals surface area contributed by atoms with Crippen molar-refractivity contribution >= 4 is 52.2 Å². The summed E-state index contributed by atoms with van der Waals surface area (Å²) in [6, 6.07) is 12.2. The van der Waals surface area contributed by atoms with Crippen molar-refractivity contribution in [2.24, 2.45) is 17.0 Å². The smallest absolute Gasteiger partial charge is 0.163 e. The molecule has 0 spiro atoms. The van der Waals surface area contributed by atoms with Crippen molar-refractivity contribution in [1.82, 2.24) is 29.3 Å². The van der Waals surface area contributed by atoms with Gasteiger partial charge in [0.1, 0.15) is 29.4 Å². The molecular weight excluding hydrogens is 564 g/mol. The lowest BCUT2D eigenvalue weighted by molar-refractivity contribution is -0.0309. The van der Waals surface area contributed by atoms with Gasteiger partial charge in [0.25, 0.3) is 0 Å². The number of rotatable bonds is 8. The number of benzene rings is 1. The lowest BCUT2D eigenvalue weighted by Gasteiger charge is -2.24. The monoisotopic (exact) mass is 604 g/mol. The molecule has 5 aromatic rings. The zero-order valence-electron chi connectivity index (χ0n) is 26.8. The Bertz CT molecular complexity index is 1890. The highest BCUT2D eigenvalue weighted by Gasteiger charge is 2.25. The Morgan fingerprint density at radius 1 is 1.02 bits per heavy atom. The number of aliphatic imine (C=N–C) groups is 2. The van der Waals surface area contributed by atoms with Crippen LogP contribution in [0.2, 0.25) is 0 Å². The van der Waals surface area contributed by atoms with E-state index in [4.69, 9.17) is 24.8 Å². The SMILES string of the molecule is C=Nc1c(C(=NC)c2cccnc2Nc2c(C)ccc3c(Nc4cc(C(C)(C)C)nn4C)nccc23)ncn1C1CCCCO1. The van der Waals surface area contributed by atoms with Gasteiger partial charge < -0.3 is 15.4 Å². The summed E-state index contributed by atoms with van der Waals surface area (Å²) in [6.45, 7) is 13.1. The van der Waals surface area contributed by atoms with Crippen molar-refractivity contribution in [3.8, 4) is 0 Å². The predicted octanol–water partition coefficient (Wildman–Crippen LogP) is 7.15. The van der Waals surface area contributed by atoms with E-state index in [0.717, 1.165) is 70.8 Å². The van der Waals surface area contributed by atoms with Crippen LogP contribution in [0.5, 0.6) is 0 Å². The second kappa shape index (κ2) is 12.2. The van der Waals surface area contributed by atoms with E-state index < -0.39 is 0 Å². The Kier molecular flexibility index (Phi) is 8.20. The molecule has 11 nitrogen and oxygen atoms in total. The molecule has 1 saturated heterocycles. The average Bonchev–Trinajstić information content (AvgIpc) is 3.63. The van der Waals surface area contributed by atoms with Gasteiger partial charge in [0.15, 0.2) is 5.82 Å². The van der Waals surface area contributed by atoms with Crippen molar-refractivity contribution in [1.29, 1.82) is 0 Å². The topological polar surface area (TPSA) is 119 Å². The van der Waals surface area contributed by atoms with Gasteiger partial charge in [0.05, 0.1) is 23.4 Å². The van der Waals surface area contributed by atoms with Gasteiger partial charge in [-0.3, -0.25) is 14.2 Å². The van der Waals surface area contributed by atoms with Crippen LogP contribution in [0.25, 0.3) is 10.8 Å². The normalized spacial score (nSPS) is 15.8. The number of pyridine rings is 2. The fourth-order valence-corrected chi connectivity index (χ4v) is 5.70. The summed E-state index contributed by atoms with van der Waals surface area (Å²) in [5.41, 5.74) is 5.03. The fraction of sp³-hybridized carbons (Fsp3) is 0.353. The lowest BCUT2D eigenvalue weighted by Crippen LogP contribution is -2.17. The molecule has 1 aliphatic heterocycles. The van der Waals surface area contributed by atoms with Crippen LogP contribution in [0.15, 0.2) is 65.1 Å². The third-order valence-electron chi connectivity index (χ3n) is 8.19. The molecule has 2 N–H and O–H groups in total. The van der Waals surface area contributed by atoms with E-state index in [1.807, 2.05) is 40.7 Å². The number of nitrogens with one attached hydrogen (secondary N) is 2. The number of anilines is 4. The van der Waals surface area contributed by atoms with Gasteiger partial charge in [-0.25, -0.2) is 19.9 Å². The molecule has 0 amide bonds. The van der Waals surface area contributed by atoms with Crippen LogP contribution in [-0.2, 0) is 17.2 Å². The predicted molar refractivity (Wildman–Crippen MR) is 181 cm³/mol. The summed E-state index contributed by atoms with van der Waals surface area (Å²) in [5.74, 6) is 2.90. The number of aromatic nitrogens is 6. The van der Waals surface area contributed by atoms with E-state index in [2.05, 4.69) is 73.2 Å². The molecule has 11 heteroatoms. The van der Waals surface area contributed by atoms with Crippen molar-refractivity contribution < 1.29 is 4.74 Å². The highest BCUT2D eigenvalue weighted by Crippen LogP contribution is 2.36. The second-order valence-corrected chi connectivity index (χ2v) is 12.3. The second-order valence-electron chi connectivity index (χ2n) is 12.3. The molecule has 1 unspecified atom stereocenters. The van der Waals surface area contributed by atoms with Crippen LogP contribution in [0.4, 0.5) is 29.0 Å². The molecule has 1 aromatic carbocycles. The first kappa shape index (κ1) is 30.1. The zero-order chi connectivity index (χ0) is 31.7. The number of ether oxygens (including phenoxy) is 1. The molecule has 4 aromatic heterocycles. The third-order valence-corrected chi connectivity index (χ3v) is 8.19. The van der Waals surface area contributed by atoms with Crippen molar-refractivity contribution in [3.05, 3.63) is 77.6 Å². The molecule has 1 fully saturated rings. The first-order valence-electron chi connectivity index (χ1n) is 15.2. The molecule has 232 valence electrons. The van der Waals surface area contributed by atoms with E-state index >= 15 is 0 Å². The van der Waals surface area contributed by atoms with Gasteiger partial charge in [0.2, 0.25) is 0 Å². The van der Waals surface area contributed by atoms with Gasteiger partial charge in [0, 0.05) is 60.9 Å². The van der Waals surface area contributed by atoms with Gasteiger partial charge >= 0.3 is 0 Å². The van der Waals surface area contributed by atoms with E-state index in [0.29, 0.717) is 23.0 Å². The molecule has 0 saturated carbocycles. The quantitative estimate of drug-likeness (QED) is 0.181. The molecule has 0 aliphatic carbocycles. The summed E-state index contributed by atoms with van der Waals surface area (Å²) in [4.78, 5) is 23.2. The molecule has 6 rings (SSSR count). The van der Waals surface area contributed by atoms with Crippen molar-refractivity contribution in [3.63, 3.8) is 0 Å². The van der Waals surface area contributed by atoms with Crippen LogP contribution in [-0.4, -0.2) is 55.4 Å². The molecule has 5 heterocycles. The molecule has 1 aliphatic rings. The van der Waals surface area contributed by atoms with E-state index in [-0.39, 0.29) is 11.6 Å². The van der Waals surface area contributed by atoms with Gasteiger partial charge in [-0.2, -0.15) is 5.10 Å². The summed E-state index contributed by atoms with van der Waals surface area (Å²) in [6.07, 6.45) is 8.29. The zero-order valence-corrected chi connectivity index (χ0v) is 26.8. The van der Waals surface area contributed by atoms with Crippen LogP contribution in [0.3, 0.4) is 0 Å². The Morgan fingerprint density at radius 2 is 1.84 bits per heavy atom. The maximum Gasteiger partial charge on any atom is 0.163 e. The minimum Gasteiger partial charge on any atom is -0.358 e. The maximum absolute atomic E-state index is 6.02. The van der Waals surface area contributed by atoms with Crippen LogP contribution in [0.1, 0.15) is 68.8 Å². The molecule has 0 radical (unpaired) electrons. The van der Waals surface area contributed by atoms with Crippen LogP contribution in [0, 0.1) is 6.92 Å². The van der Waals surface area contributed by atoms with Crippen LogP contribution >= 0.6 is 0 Å². The Morgan fingerprint density at radius 3 is 2.56 bits per heavy atom. The fourth-order valence-electron chi connectivity index (χ4n) is 5.70. The summed E-state index contributed by atoms with van der Waals surface area (Å²) < 4.78 is 9.83. The van der Waals surface area contributed by atoms with Gasteiger partial charge in [-0.1, -0.05) is 32.9 Å². The number of aryl methyl sites for hydroxylation is 2. The standard InChI is InChI=1S/C34H40N10O/c1-21-13-14-23-22(15-17-38-31(23)40-26-19-25(34(2,3)4)42-43(26)7)28(21)41-32-24(11-10-16-37-32)29(35-5)30-33(36-6)44(20-39-30)27-12-8-9-18-45-27/h10-11,13-17,19-20,27H,6,8-9,12,18H2,1-5,7H3,(H,37,41)(H,38,40). The molecular formula is C34H40N10O. The Labute approximate surface area is 263 Å². The largest absolute Gasteiger partial charge is 0.358 e. The Hall–Kier alpha value is -4.90. The van der Waals surface area contributed by atoms with E-state index in [1.54, 1.807) is 19.6 Å². The summed E-state index contributed by atoms with van der Waals surface area (Å²) in [5, 5.41) is 13.8. The third kappa shape index (κ3) is 5.83. The summed E-state index contributed by atoms with van der Waals surface area (Å²) >= 11 is 0. The molecule has 45 heavy (non-hydrogen) atoms. The maximum atomic E-state index is 6.02. The lowest BCUT2D eigenvalue weighted by atomic mass is 9.92. The number of nitrogens with zero attached hydrogens (tertiary/aromatic N) is 8. The minimum absolute atomic E-state index is 0.0661. The number of imidazole rings is 1. The number of fused-ring (bicyclic) bond motifs is 1. The van der Waals surface area contributed by atoms with Crippen LogP contribution < -0.4 is 10.6 Å². The number of hydrogen-bond donors (Lipinski definition) is 2. The average molecular weight is 605 g/mol. The molecule has 1 atom stereocenters. The van der Waals surface area contributed by atoms with Crippen molar-refractivity contribution in [2.75, 3.05) is 24.3 Å². The van der Waals surface area contributed by atoms with E-state index in [9.17, 15) is 0 Å². The first-order valence-corrected chi connectivity index (χ1v) is 15.2. The summed E-state index contributed by atoms with van der Waals surface area (Å²) in [7, 11) is 3.69. The van der Waals surface area contributed by atoms with Gasteiger partial charge in [-0.15, -0.1) is 0 Å². The minimum atomic E-state index is -0.119. The van der Waals surface area contributed by atoms with Crippen molar-refractivity contribution in [2.45, 2.75) is 58.6 Å².